The summed E-state index contributed by atoms with van der Waals surface area (Å²) in [5, 5.41) is 9.10. The van der Waals surface area contributed by atoms with Crippen LogP contribution in [0.4, 0.5) is 14.5 Å². The molecule has 0 aliphatic carbocycles. The number of anilines is 1. The predicted molar refractivity (Wildman–Crippen MR) is 70.0 cm³/mol. The van der Waals surface area contributed by atoms with Gasteiger partial charge < -0.3 is 5.11 Å². The molecule has 0 aliphatic heterocycles. The van der Waals surface area contributed by atoms with Crippen molar-refractivity contribution in [2.45, 2.75) is 11.8 Å². The zero-order valence-electron chi connectivity index (χ0n) is 10.4. The van der Waals surface area contributed by atoms with Crippen molar-refractivity contribution in [1.29, 1.82) is 0 Å². The molecule has 0 aliphatic rings. The third-order valence-electron chi connectivity index (χ3n) is 2.67. The Morgan fingerprint density at radius 2 is 1.65 bits per heavy atom. The van der Waals surface area contributed by atoms with Gasteiger partial charge >= 0.3 is 0 Å². The third-order valence-corrected chi connectivity index (χ3v) is 4.03. The number of phenolic OH excluding ortho intramolecular Hbond substituents is 1. The van der Waals surface area contributed by atoms with Gasteiger partial charge in [0, 0.05) is 0 Å². The number of phenols is 1. The number of halogens is 2. The highest BCUT2D eigenvalue weighted by Crippen LogP contribution is 2.25. The van der Waals surface area contributed by atoms with E-state index in [-0.39, 0.29) is 16.2 Å². The van der Waals surface area contributed by atoms with Gasteiger partial charge in [0.1, 0.15) is 17.3 Å². The summed E-state index contributed by atoms with van der Waals surface area (Å²) < 4.78 is 53.2. The van der Waals surface area contributed by atoms with Crippen LogP contribution >= 0.6 is 0 Å². The lowest BCUT2D eigenvalue weighted by atomic mass is 10.2. The van der Waals surface area contributed by atoms with E-state index in [2.05, 4.69) is 0 Å². The lowest BCUT2D eigenvalue weighted by Gasteiger charge is -2.11. The van der Waals surface area contributed by atoms with Gasteiger partial charge in [0.25, 0.3) is 10.0 Å². The van der Waals surface area contributed by atoms with Gasteiger partial charge in [-0.05, 0) is 42.8 Å². The van der Waals surface area contributed by atoms with Crippen LogP contribution < -0.4 is 4.72 Å². The first-order valence-corrected chi connectivity index (χ1v) is 7.06. The summed E-state index contributed by atoms with van der Waals surface area (Å²) >= 11 is 0. The standard InChI is InChI=1S/C13H11F2NO3S/c1-8-2-7-11(14)13(12(8)15)16-20(18,19)10-5-3-9(17)4-6-10/h2-7,16-17H,1H3. The first kappa shape index (κ1) is 14.3. The Morgan fingerprint density at radius 1 is 1.05 bits per heavy atom. The van der Waals surface area contributed by atoms with Gasteiger partial charge in [0.05, 0.1) is 4.90 Å². The Labute approximate surface area is 114 Å². The van der Waals surface area contributed by atoms with Crippen LogP contribution in [0.3, 0.4) is 0 Å². The minimum Gasteiger partial charge on any atom is -0.508 e. The number of hydrogen-bond acceptors (Lipinski definition) is 3. The van der Waals surface area contributed by atoms with E-state index in [4.69, 9.17) is 5.11 Å². The molecular weight excluding hydrogens is 288 g/mol. The molecule has 0 spiro atoms. The van der Waals surface area contributed by atoms with Crippen LogP contribution in [0, 0.1) is 18.6 Å². The summed E-state index contributed by atoms with van der Waals surface area (Å²) in [5.74, 6) is -2.08. The summed E-state index contributed by atoms with van der Waals surface area (Å²) in [6.45, 7) is 1.40. The monoisotopic (exact) mass is 299 g/mol. The minimum atomic E-state index is -4.13. The molecule has 0 atom stereocenters. The molecule has 7 heteroatoms. The van der Waals surface area contributed by atoms with Crippen molar-refractivity contribution in [3.63, 3.8) is 0 Å². The third kappa shape index (κ3) is 2.72. The molecule has 2 rings (SSSR count). The smallest absolute Gasteiger partial charge is 0.262 e. The molecule has 0 saturated carbocycles. The van der Waals surface area contributed by atoms with Gasteiger partial charge in [0.2, 0.25) is 0 Å². The second-order valence-corrected chi connectivity index (χ2v) is 5.84. The zero-order chi connectivity index (χ0) is 14.9. The number of benzene rings is 2. The van der Waals surface area contributed by atoms with Crippen LogP contribution in [-0.2, 0) is 10.0 Å². The van der Waals surface area contributed by atoms with Crippen LogP contribution in [-0.4, -0.2) is 13.5 Å². The zero-order valence-corrected chi connectivity index (χ0v) is 11.2. The number of aryl methyl sites for hydroxylation is 1. The molecule has 2 aromatic carbocycles. The minimum absolute atomic E-state index is 0.114. The van der Waals surface area contributed by atoms with Gasteiger partial charge in [-0.2, -0.15) is 0 Å². The highest BCUT2D eigenvalue weighted by atomic mass is 32.2. The highest BCUT2D eigenvalue weighted by Gasteiger charge is 2.20. The van der Waals surface area contributed by atoms with E-state index < -0.39 is 27.3 Å². The first-order chi connectivity index (χ1) is 9.31. The fourth-order valence-corrected chi connectivity index (χ4v) is 2.64. The van der Waals surface area contributed by atoms with E-state index in [0.29, 0.717) is 0 Å². The van der Waals surface area contributed by atoms with Crippen molar-refractivity contribution in [3.8, 4) is 5.75 Å². The maximum absolute atomic E-state index is 13.8. The average molecular weight is 299 g/mol. The second kappa shape index (κ2) is 5.09. The Hall–Kier alpha value is -2.15. The summed E-state index contributed by atoms with van der Waals surface area (Å²) in [5.41, 5.74) is -0.604. The molecule has 0 fully saturated rings. The van der Waals surface area contributed by atoms with Crippen molar-refractivity contribution in [1.82, 2.24) is 0 Å². The second-order valence-electron chi connectivity index (χ2n) is 4.15. The Morgan fingerprint density at radius 3 is 2.25 bits per heavy atom. The molecule has 0 aromatic heterocycles. The van der Waals surface area contributed by atoms with Gasteiger partial charge in [0.15, 0.2) is 5.82 Å². The molecule has 2 N–H and O–H groups in total. The fourth-order valence-electron chi connectivity index (χ4n) is 1.57. The predicted octanol–water partition coefficient (Wildman–Crippen LogP) is 2.78. The maximum atomic E-state index is 13.8. The summed E-state index contributed by atoms with van der Waals surface area (Å²) in [7, 11) is -4.13. The van der Waals surface area contributed by atoms with Crippen molar-refractivity contribution in [2.24, 2.45) is 0 Å². The molecular formula is C13H11F2NO3S. The van der Waals surface area contributed by atoms with E-state index in [1.54, 1.807) is 0 Å². The van der Waals surface area contributed by atoms with E-state index >= 15 is 0 Å². The summed E-state index contributed by atoms with van der Waals surface area (Å²) in [6.07, 6.45) is 0. The van der Waals surface area contributed by atoms with E-state index in [9.17, 15) is 17.2 Å². The first-order valence-electron chi connectivity index (χ1n) is 5.58. The van der Waals surface area contributed by atoms with Gasteiger partial charge in [-0.15, -0.1) is 0 Å². The average Bonchev–Trinajstić information content (AvgIpc) is 2.40. The SMILES string of the molecule is Cc1ccc(F)c(NS(=O)(=O)c2ccc(O)cc2)c1F. The molecule has 106 valence electrons. The Kier molecular flexibility index (Phi) is 3.63. The highest BCUT2D eigenvalue weighted by molar-refractivity contribution is 7.92. The number of aromatic hydroxyl groups is 1. The molecule has 4 nitrogen and oxygen atoms in total. The van der Waals surface area contributed by atoms with Crippen molar-refractivity contribution >= 4 is 15.7 Å². The number of rotatable bonds is 3. The van der Waals surface area contributed by atoms with Crippen LogP contribution in [0.1, 0.15) is 5.56 Å². The molecule has 0 amide bonds. The largest absolute Gasteiger partial charge is 0.508 e. The number of sulfonamides is 1. The van der Waals surface area contributed by atoms with E-state index in [0.717, 1.165) is 30.3 Å². The quantitative estimate of drug-likeness (QED) is 0.916. The molecule has 0 heterocycles. The van der Waals surface area contributed by atoms with Crippen molar-refractivity contribution in [2.75, 3.05) is 4.72 Å². The summed E-state index contributed by atoms with van der Waals surface area (Å²) in [6, 6.07) is 6.78. The molecule has 0 saturated heterocycles. The summed E-state index contributed by atoms with van der Waals surface area (Å²) in [4.78, 5) is -0.212. The van der Waals surface area contributed by atoms with Crippen LogP contribution in [0.5, 0.6) is 5.75 Å². The molecule has 20 heavy (non-hydrogen) atoms. The van der Waals surface area contributed by atoms with Crippen molar-refractivity contribution < 1.29 is 22.3 Å². The van der Waals surface area contributed by atoms with Crippen LogP contribution in [0.2, 0.25) is 0 Å². The van der Waals surface area contributed by atoms with Crippen LogP contribution in [0.25, 0.3) is 0 Å². The molecule has 0 radical (unpaired) electrons. The number of nitrogens with one attached hydrogen (secondary N) is 1. The lowest BCUT2D eigenvalue weighted by molar-refractivity contribution is 0.475. The van der Waals surface area contributed by atoms with Crippen LogP contribution in [0.15, 0.2) is 41.3 Å². The Bertz CT molecular complexity index is 743. The molecule has 0 unspecified atom stereocenters. The topological polar surface area (TPSA) is 66.4 Å². The normalized spacial score (nSPS) is 11.3. The Balaban J connectivity index is 2.43. The van der Waals surface area contributed by atoms with Crippen molar-refractivity contribution in [3.05, 3.63) is 53.6 Å². The maximum Gasteiger partial charge on any atom is 0.262 e. The van der Waals surface area contributed by atoms with E-state index in [1.807, 2.05) is 4.72 Å². The van der Waals surface area contributed by atoms with Gasteiger partial charge in [-0.3, -0.25) is 4.72 Å². The van der Waals surface area contributed by atoms with E-state index in [1.165, 1.54) is 13.0 Å². The number of hydrogen-bond donors (Lipinski definition) is 2. The van der Waals surface area contributed by atoms with Gasteiger partial charge in [-0.25, -0.2) is 17.2 Å². The fraction of sp³-hybridized carbons (Fsp3) is 0.0769. The molecule has 0 bridgehead atoms. The lowest BCUT2D eigenvalue weighted by Crippen LogP contribution is -2.15. The molecule has 2 aromatic rings. The van der Waals surface area contributed by atoms with Gasteiger partial charge in [-0.1, -0.05) is 6.07 Å².